The van der Waals surface area contributed by atoms with Crippen LogP contribution in [0.3, 0.4) is 0 Å². The summed E-state index contributed by atoms with van der Waals surface area (Å²) >= 11 is 0. The summed E-state index contributed by atoms with van der Waals surface area (Å²) in [4.78, 5) is 10.3. The Kier molecular flexibility index (Phi) is 9.18. The van der Waals surface area contributed by atoms with Crippen LogP contribution >= 0.6 is 0 Å². The van der Waals surface area contributed by atoms with E-state index in [0.29, 0.717) is 5.82 Å². The molecule has 61 heavy (non-hydrogen) atoms. The molecule has 9 aromatic carbocycles. The second-order valence-corrected chi connectivity index (χ2v) is 15.4. The lowest BCUT2D eigenvalue weighted by atomic mass is 9.99. The molecule has 0 unspecified atom stereocenters. The lowest BCUT2D eigenvalue weighted by Gasteiger charge is -2.12. The number of fused-ring (bicyclic) bond motifs is 3. The summed E-state index contributed by atoms with van der Waals surface area (Å²) in [6.07, 6.45) is 0. The zero-order chi connectivity index (χ0) is 40.5. The Bertz CT molecular complexity index is 3310. The summed E-state index contributed by atoms with van der Waals surface area (Å²) in [5.41, 5.74) is 17.7. The van der Waals surface area contributed by atoms with Gasteiger partial charge in [-0.05, 0) is 80.9 Å². The molecule has 0 spiro atoms. The third-order valence-corrected chi connectivity index (χ3v) is 11.6. The Balaban J connectivity index is 0.985. The molecule has 0 saturated carbocycles. The number of hydrogen-bond acceptors (Lipinski definition) is 2. The van der Waals surface area contributed by atoms with E-state index >= 15 is 0 Å². The summed E-state index contributed by atoms with van der Waals surface area (Å²) in [5, 5.41) is 2.45. The highest BCUT2D eigenvalue weighted by Crippen LogP contribution is 2.37. The van der Waals surface area contributed by atoms with Crippen LogP contribution in [-0.2, 0) is 0 Å². The average molecular weight is 778 g/mol. The number of aromatic nitrogens is 3. The second-order valence-electron chi connectivity index (χ2n) is 15.4. The molecule has 0 fully saturated rings. The summed E-state index contributed by atoms with van der Waals surface area (Å²) in [7, 11) is 0. The minimum Gasteiger partial charge on any atom is -0.309 e. The first kappa shape index (κ1) is 36.0. The van der Waals surface area contributed by atoms with E-state index in [2.05, 4.69) is 217 Å². The van der Waals surface area contributed by atoms with Crippen LogP contribution in [0.15, 0.2) is 237 Å². The molecular weight excluding hydrogens is 739 g/mol. The van der Waals surface area contributed by atoms with E-state index in [0.717, 1.165) is 50.4 Å². The van der Waals surface area contributed by atoms with E-state index in [1.165, 1.54) is 49.7 Å². The summed E-state index contributed by atoms with van der Waals surface area (Å²) in [6.45, 7) is 0. The Morgan fingerprint density at radius 1 is 0.246 bits per heavy atom. The van der Waals surface area contributed by atoms with Gasteiger partial charge in [-0.3, -0.25) is 0 Å². The topological polar surface area (TPSA) is 30.7 Å². The Labute approximate surface area is 355 Å². The van der Waals surface area contributed by atoms with Crippen LogP contribution in [0.5, 0.6) is 0 Å². The molecule has 0 N–H and O–H groups in total. The molecule has 0 radical (unpaired) electrons. The maximum Gasteiger partial charge on any atom is 0.160 e. The molecule has 0 aliphatic heterocycles. The molecule has 0 atom stereocenters. The summed E-state index contributed by atoms with van der Waals surface area (Å²) < 4.78 is 2.41. The smallest absolute Gasteiger partial charge is 0.160 e. The van der Waals surface area contributed by atoms with E-state index < -0.39 is 0 Å². The molecule has 286 valence electrons. The standard InChI is InChI=1S/C58H39N3/c1-4-14-40(15-5-1)42-26-28-44(29-27-42)48-21-13-23-51(37-48)61-56-25-11-10-24-52(56)53-35-34-49(38-57(53)61)47-20-12-22-50(36-47)55-39-54(59-58(60-55)46-18-8-3-9-19-46)45-32-30-43(31-33-45)41-16-6-2-7-17-41/h1-39H. The lowest BCUT2D eigenvalue weighted by Crippen LogP contribution is -1.96. The van der Waals surface area contributed by atoms with Crippen LogP contribution in [0.2, 0.25) is 0 Å². The quantitative estimate of drug-likeness (QED) is 0.154. The number of benzene rings is 9. The molecule has 3 heteroatoms. The van der Waals surface area contributed by atoms with Crippen LogP contribution in [-0.4, -0.2) is 14.5 Å². The van der Waals surface area contributed by atoms with E-state index in [9.17, 15) is 0 Å². The van der Waals surface area contributed by atoms with Gasteiger partial charge in [0.1, 0.15) is 0 Å². The fraction of sp³-hybridized carbons (Fsp3) is 0. The predicted octanol–water partition coefficient (Wildman–Crippen LogP) is 15.2. The van der Waals surface area contributed by atoms with Crippen molar-refractivity contribution >= 4 is 21.8 Å². The monoisotopic (exact) mass is 777 g/mol. The largest absolute Gasteiger partial charge is 0.309 e. The molecular formula is C58H39N3. The van der Waals surface area contributed by atoms with Crippen molar-refractivity contribution in [3.8, 4) is 84.1 Å². The average Bonchev–Trinajstić information content (AvgIpc) is 3.68. The number of para-hydroxylation sites is 1. The van der Waals surface area contributed by atoms with Crippen molar-refractivity contribution in [3.05, 3.63) is 237 Å². The maximum absolute atomic E-state index is 5.17. The highest BCUT2D eigenvalue weighted by molar-refractivity contribution is 6.10. The molecule has 2 aromatic heterocycles. The highest BCUT2D eigenvalue weighted by Gasteiger charge is 2.16. The molecule has 0 aliphatic rings. The van der Waals surface area contributed by atoms with Gasteiger partial charge in [-0.2, -0.15) is 0 Å². The third-order valence-electron chi connectivity index (χ3n) is 11.6. The maximum atomic E-state index is 5.17. The SMILES string of the molecule is c1ccc(-c2ccc(-c3cccc(-n4c5ccccc5c5ccc(-c6cccc(-c7cc(-c8ccc(-c9ccccc9)cc8)nc(-c8ccccc8)n7)c6)cc54)c3)cc2)cc1. The van der Waals surface area contributed by atoms with Gasteiger partial charge in [0.2, 0.25) is 0 Å². The second kappa shape index (κ2) is 15.6. The van der Waals surface area contributed by atoms with Crippen LogP contribution in [0.1, 0.15) is 0 Å². The van der Waals surface area contributed by atoms with Gasteiger partial charge in [-0.15, -0.1) is 0 Å². The predicted molar refractivity (Wildman–Crippen MR) is 254 cm³/mol. The lowest BCUT2D eigenvalue weighted by molar-refractivity contribution is 1.18. The molecule has 2 heterocycles. The summed E-state index contributed by atoms with van der Waals surface area (Å²) in [6, 6.07) is 84.1. The third kappa shape index (κ3) is 6.98. The molecule has 0 aliphatic carbocycles. The van der Waals surface area contributed by atoms with E-state index in [1.54, 1.807) is 0 Å². The number of rotatable bonds is 8. The van der Waals surface area contributed by atoms with Crippen LogP contribution < -0.4 is 0 Å². The minimum atomic E-state index is 0.700. The molecule has 11 rings (SSSR count). The minimum absolute atomic E-state index is 0.700. The zero-order valence-electron chi connectivity index (χ0n) is 33.4. The molecule has 0 amide bonds. The molecule has 0 bridgehead atoms. The van der Waals surface area contributed by atoms with Gasteiger partial charge in [0.15, 0.2) is 5.82 Å². The van der Waals surface area contributed by atoms with Crippen molar-refractivity contribution < 1.29 is 0 Å². The Morgan fingerprint density at radius 2 is 0.672 bits per heavy atom. The van der Waals surface area contributed by atoms with Gasteiger partial charge < -0.3 is 4.57 Å². The molecule has 3 nitrogen and oxygen atoms in total. The van der Waals surface area contributed by atoms with Crippen molar-refractivity contribution in [1.29, 1.82) is 0 Å². The Morgan fingerprint density at radius 3 is 1.33 bits per heavy atom. The van der Waals surface area contributed by atoms with Gasteiger partial charge in [0.05, 0.1) is 22.4 Å². The fourth-order valence-corrected chi connectivity index (χ4v) is 8.52. The van der Waals surface area contributed by atoms with Crippen LogP contribution in [0.25, 0.3) is 106 Å². The van der Waals surface area contributed by atoms with E-state index in [-0.39, 0.29) is 0 Å². The van der Waals surface area contributed by atoms with Gasteiger partial charge in [0.25, 0.3) is 0 Å². The summed E-state index contributed by atoms with van der Waals surface area (Å²) in [5.74, 6) is 0.700. The van der Waals surface area contributed by atoms with E-state index in [4.69, 9.17) is 9.97 Å². The first-order valence-corrected chi connectivity index (χ1v) is 20.7. The van der Waals surface area contributed by atoms with Gasteiger partial charge in [-0.25, -0.2) is 9.97 Å². The van der Waals surface area contributed by atoms with Crippen LogP contribution in [0.4, 0.5) is 0 Å². The number of nitrogens with zero attached hydrogens (tertiary/aromatic N) is 3. The van der Waals surface area contributed by atoms with Gasteiger partial charge in [0, 0.05) is 33.2 Å². The Hall–Kier alpha value is -8.14. The highest BCUT2D eigenvalue weighted by atomic mass is 15.0. The fourth-order valence-electron chi connectivity index (χ4n) is 8.52. The van der Waals surface area contributed by atoms with Crippen LogP contribution in [0, 0.1) is 0 Å². The van der Waals surface area contributed by atoms with Gasteiger partial charge in [-0.1, -0.05) is 200 Å². The van der Waals surface area contributed by atoms with Crippen molar-refractivity contribution in [2.75, 3.05) is 0 Å². The van der Waals surface area contributed by atoms with Crippen molar-refractivity contribution in [1.82, 2.24) is 14.5 Å². The van der Waals surface area contributed by atoms with Gasteiger partial charge >= 0.3 is 0 Å². The molecule has 11 aromatic rings. The first-order valence-electron chi connectivity index (χ1n) is 20.7. The molecule has 0 saturated heterocycles. The zero-order valence-corrected chi connectivity index (χ0v) is 33.4. The number of hydrogen-bond donors (Lipinski definition) is 0. The van der Waals surface area contributed by atoms with Crippen molar-refractivity contribution in [2.24, 2.45) is 0 Å². The first-order chi connectivity index (χ1) is 30.2. The van der Waals surface area contributed by atoms with E-state index in [1.807, 2.05) is 24.3 Å². The van der Waals surface area contributed by atoms with Crippen molar-refractivity contribution in [2.45, 2.75) is 0 Å². The normalized spacial score (nSPS) is 11.3. The van der Waals surface area contributed by atoms with Crippen molar-refractivity contribution in [3.63, 3.8) is 0 Å².